The number of aliphatic hydroxyl groups excluding tert-OH is 1. The maximum atomic E-state index is 11.5. The van der Waals surface area contributed by atoms with Crippen molar-refractivity contribution in [1.82, 2.24) is 0 Å². The maximum absolute atomic E-state index is 11.5. The van der Waals surface area contributed by atoms with Crippen molar-refractivity contribution < 1.29 is 19.4 Å². The summed E-state index contributed by atoms with van der Waals surface area (Å²) >= 11 is 0. The zero-order valence-corrected chi connectivity index (χ0v) is 9.81. The van der Waals surface area contributed by atoms with Gasteiger partial charge in [-0.05, 0) is 17.7 Å². The molecule has 0 bridgehead atoms. The SMILES string of the molecule is COCC(O)COC(=O)c1ccc(N=[N+]=[N-])cc1. The zero-order chi connectivity index (χ0) is 13.4. The van der Waals surface area contributed by atoms with Gasteiger partial charge < -0.3 is 14.6 Å². The van der Waals surface area contributed by atoms with Crippen molar-refractivity contribution in [3.8, 4) is 0 Å². The summed E-state index contributed by atoms with van der Waals surface area (Å²) in [5.41, 5.74) is 8.95. The van der Waals surface area contributed by atoms with Gasteiger partial charge in [-0.2, -0.15) is 0 Å². The first kappa shape index (κ1) is 14.0. The van der Waals surface area contributed by atoms with Gasteiger partial charge >= 0.3 is 5.97 Å². The molecule has 1 rings (SSSR count). The average Bonchev–Trinajstić information content (AvgIpc) is 2.37. The minimum atomic E-state index is -0.846. The monoisotopic (exact) mass is 251 g/mol. The van der Waals surface area contributed by atoms with E-state index < -0.39 is 12.1 Å². The number of methoxy groups -OCH3 is 1. The van der Waals surface area contributed by atoms with Crippen LogP contribution in [0.1, 0.15) is 10.4 Å². The topological polar surface area (TPSA) is 105 Å². The molecule has 0 amide bonds. The van der Waals surface area contributed by atoms with Gasteiger partial charge in [-0.1, -0.05) is 17.2 Å². The Hall–Kier alpha value is -2.08. The van der Waals surface area contributed by atoms with Crippen molar-refractivity contribution >= 4 is 11.7 Å². The summed E-state index contributed by atoms with van der Waals surface area (Å²) in [6, 6.07) is 5.97. The molecule has 7 heteroatoms. The first-order valence-electron chi connectivity index (χ1n) is 5.16. The highest BCUT2D eigenvalue weighted by molar-refractivity contribution is 5.89. The summed E-state index contributed by atoms with van der Waals surface area (Å²) in [6.45, 7) is -0.0339. The third-order valence-corrected chi connectivity index (χ3v) is 2.03. The number of rotatable bonds is 6. The summed E-state index contributed by atoms with van der Waals surface area (Å²) in [5, 5.41) is 12.7. The Morgan fingerprint density at radius 2 is 2.11 bits per heavy atom. The molecule has 7 nitrogen and oxygen atoms in total. The lowest BCUT2D eigenvalue weighted by Gasteiger charge is -2.10. The van der Waals surface area contributed by atoms with Crippen molar-refractivity contribution in [1.29, 1.82) is 0 Å². The highest BCUT2D eigenvalue weighted by atomic mass is 16.5. The highest BCUT2D eigenvalue weighted by Crippen LogP contribution is 2.13. The van der Waals surface area contributed by atoms with E-state index in [2.05, 4.69) is 10.0 Å². The van der Waals surface area contributed by atoms with Crippen LogP contribution in [0.4, 0.5) is 5.69 Å². The predicted molar refractivity (Wildman–Crippen MR) is 63.4 cm³/mol. The molecule has 1 unspecified atom stereocenters. The lowest BCUT2D eigenvalue weighted by atomic mass is 10.2. The van der Waals surface area contributed by atoms with Crippen molar-refractivity contribution in [2.24, 2.45) is 5.11 Å². The molecule has 0 aliphatic rings. The molecule has 1 aromatic carbocycles. The average molecular weight is 251 g/mol. The van der Waals surface area contributed by atoms with Gasteiger partial charge in [0.25, 0.3) is 0 Å². The van der Waals surface area contributed by atoms with Crippen LogP contribution in [-0.4, -0.2) is 37.5 Å². The summed E-state index contributed by atoms with van der Waals surface area (Å²) in [4.78, 5) is 14.2. The lowest BCUT2D eigenvalue weighted by Crippen LogP contribution is -2.23. The molecule has 0 spiro atoms. The third-order valence-electron chi connectivity index (χ3n) is 2.03. The zero-order valence-electron chi connectivity index (χ0n) is 9.81. The van der Waals surface area contributed by atoms with Crippen LogP contribution < -0.4 is 0 Å². The van der Waals surface area contributed by atoms with E-state index in [4.69, 9.17) is 15.0 Å². The van der Waals surface area contributed by atoms with Crippen LogP contribution in [0.2, 0.25) is 0 Å². The molecule has 0 fully saturated rings. The Morgan fingerprint density at radius 1 is 1.44 bits per heavy atom. The molecule has 0 aromatic heterocycles. The maximum Gasteiger partial charge on any atom is 0.338 e. The first-order chi connectivity index (χ1) is 8.67. The second kappa shape index (κ2) is 7.29. The molecule has 0 aliphatic heterocycles. The lowest BCUT2D eigenvalue weighted by molar-refractivity contribution is 0.000143. The number of hydrogen-bond acceptors (Lipinski definition) is 5. The number of carbonyl (C=O) groups is 1. The van der Waals surface area contributed by atoms with Gasteiger partial charge in [0, 0.05) is 17.7 Å². The summed E-state index contributed by atoms with van der Waals surface area (Å²) in [5.74, 6) is -0.558. The van der Waals surface area contributed by atoms with Crippen molar-refractivity contribution in [3.05, 3.63) is 40.3 Å². The molecule has 0 heterocycles. The summed E-state index contributed by atoms with van der Waals surface area (Å²) < 4.78 is 9.57. The van der Waals surface area contributed by atoms with E-state index in [0.29, 0.717) is 11.3 Å². The van der Waals surface area contributed by atoms with Crippen LogP contribution >= 0.6 is 0 Å². The van der Waals surface area contributed by atoms with Crippen molar-refractivity contribution in [2.45, 2.75) is 6.10 Å². The number of benzene rings is 1. The number of azide groups is 1. The molecule has 0 aliphatic carbocycles. The molecule has 0 saturated carbocycles. The van der Waals surface area contributed by atoms with Crippen molar-refractivity contribution in [3.63, 3.8) is 0 Å². The van der Waals surface area contributed by atoms with Crippen LogP contribution in [0.15, 0.2) is 29.4 Å². The molecule has 1 atom stereocenters. The van der Waals surface area contributed by atoms with Crippen molar-refractivity contribution in [2.75, 3.05) is 20.3 Å². The standard InChI is InChI=1S/C11H13N3O4/c1-17-6-10(15)7-18-11(16)8-2-4-9(5-3-8)13-14-12/h2-5,10,15H,6-7H2,1H3. The Labute approximate surface area is 104 Å². The van der Waals surface area contributed by atoms with Gasteiger partial charge in [0.05, 0.1) is 12.2 Å². The Bertz CT molecular complexity index is 440. The second-order valence-electron chi connectivity index (χ2n) is 3.44. The summed E-state index contributed by atoms with van der Waals surface area (Å²) in [7, 11) is 1.44. The number of carbonyl (C=O) groups excluding carboxylic acids is 1. The molecular weight excluding hydrogens is 238 g/mol. The fourth-order valence-corrected chi connectivity index (χ4v) is 1.21. The van der Waals surface area contributed by atoms with Crippen LogP contribution in [-0.2, 0) is 9.47 Å². The largest absolute Gasteiger partial charge is 0.459 e. The van der Waals surface area contributed by atoms with Gasteiger partial charge in [-0.25, -0.2) is 4.79 Å². The van der Waals surface area contributed by atoms with Gasteiger partial charge in [-0.15, -0.1) is 0 Å². The predicted octanol–water partition coefficient (Wildman–Crippen LogP) is 1.79. The van der Waals surface area contributed by atoms with Gasteiger partial charge in [0.2, 0.25) is 0 Å². The number of ether oxygens (including phenoxy) is 2. The van der Waals surface area contributed by atoms with E-state index in [1.807, 2.05) is 0 Å². The molecule has 18 heavy (non-hydrogen) atoms. The number of esters is 1. The van der Waals surface area contributed by atoms with E-state index in [-0.39, 0.29) is 13.2 Å². The highest BCUT2D eigenvalue weighted by Gasteiger charge is 2.10. The minimum Gasteiger partial charge on any atom is -0.459 e. The van der Waals surface area contributed by atoms with E-state index in [1.165, 1.54) is 31.4 Å². The number of hydrogen-bond donors (Lipinski definition) is 1. The molecular formula is C11H13N3O4. The molecule has 1 aromatic rings. The van der Waals surface area contributed by atoms with Gasteiger partial charge in [0.15, 0.2) is 0 Å². The Morgan fingerprint density at radius 3 is 2.67 bits per heavy atom. The van der Waals surface area contributed by atoms with E-state index in [0.717, 1.165) is 0 Å². The fourth-order valence-electron chi connectivity index (χ4n) is 1.21. The van der Waals surface area contributed by atoms with Crippen LogP contribution in [0.25, 0.3) is 10.4 Å². The number of aliphatic hydroxyl groups is 1. The molecule has 0 saturated heterocycles. The quantitative estimate of drug-likeness (QED) is 0.360. The van der Waals surface area contributed by atoms with E-state index in [9.17, 15) is 9.90 Å². The first-order valence-corrected chi connectivity index (χ1v) is 5.16. The number of nitrogens with zero attached hydrogens (tertiary/aromatic N) is 3. The summed E-state index contributed by atoms with van der Waals surface area (Å²) in [6.07, 6.45) is -0.846. The fraction of sp³-hybridized carbons (Fsp3) is 0.364. The Kier molecular flexibility index (Phi) is 5.66. The van der Waals surface area contributed by atoms with Gasteiger partial charge in [-0.3, -0.25) is 0 Å². The molecule has 1 N–H and O–H groups in total. The molecule has 0 radical (unpaired) electrons. The van der Waals surface area contributed by atoms with E-state index in [1.54, 1.807) is 0 Å². The van der Waals surface area contributed by atoms with E-state index >= 15 is 0 Å². The minimum absolute atomic E-state index is 0.100. The van der Waals surface area contributed by atoms with Crippen LogP contribution in [0.3, 0.4) is 0 Å². The van der Waals surface area contributed by atoms with Crippen LogP contribution in [0, 0.1) is 0 Å². The normalized spacial score (nSPS) is 11.4. The smallest absolute Gasteiger partial charge is 0.338 e. The second-order valence-corrected chi connectivity index (χ2v) is 3.44. The molecule has 96 valence electrons. The van der Waals surface area contributed by atoms with Crippen LogP contribution in [0.5, 0.6) is 0 Å². The Balaban J connectivity index is 2.53. The third kappa shape index (κ3) is 4.42. The van der Waals surface area contributed by atoms with Gasteiger partial charge in [0.1, 0.15) is 12.7 Å².